The van der Waals surface area contributed by atoms with Gasteiger partial charge in [-0.05, 0) is 43.2 Å². The number of rotatable bonds is 5. The van der Waals surface area contributed by atoms with Crippen LogP contribution in [0.1, 0.15) is 36.1 Å². The van der Waals surface area contributed by atoms with Crippen LogP contribution in [0.25, 0.3) is 10.9 Å². The molecule has 0 radical (unpaired) electrons. The van der Waals surface area contributed by atoms with Crippen molar-refractivity contribution in [3.8, 4) is 6.07 Å². The molecule has 6 nitrogen and oxygen atoms in total. The van der Waals surface area contributed by atoms with Crippen molar-refractivity contribution in [3.05, 3.63) is 75.8 Å². The lowest BCUT2D eigenvalue weighted by Gasteiger charge is -2.15. The van der Waals surface area contributed by atoms with Crippen molar-refractivity contribution in [2.75, 3.05) is 0 Å². The highest BCUT2D eigenvalue weighted by Gasteiger charge is 2.11. The van der Waals surface area contributed by atoms with Crippen LogP contribution in [0, 0.1) is 18.3 Å². The SMILES string of the molecule is Cc1cccc2c(=O)n(CCC(=O)NC(C)c3ccc(C#N)cc3)cnc12. The Kier molecular flexibility index (Phi) is 5.32. The molecule has 0 aliphatic rings. The van der Waals surface area contributed by atoms with Crippen molar-refractivity contribution in [3.63, 3.8) is 0 Å². The molecule has 0 fully saturated rings. The van der Waals surface area contributed by atoms with Gasteiger partial charge >= 0.3 is 0 Å². The van der Waals surface area contributed by atoms with Gasteiger partial charge in [0, 0.05) is 13.0 Å². The zero-order valence-corrected chi connectivity index (χ0v) is 15.3. The number of nitrogens with one attached hydrogen (secondary N) is 1. The molecule has 0 spiro atoms. The van der Waals surface area contributed by atoms with Crippen LogP contribution in [0.4, 0.5) is 0 Å². The average Bonchev–Trinajstić information content (AvgIpc) is 2.68. The van der Waals surface area contributed by atoms with Crippen LogP contribution in [-0.2, 0) is 11.3 Å². The topological polar surface area (TPSA) is 87.8 Å². The molecule has 136 valence electrons. The number of aryl methyl sites for hydroxylation is 2. The van der Waals surface area contributed by atoms with Gasteiger partial charge < -0.3 is 5.32 Å². The van der Waals surface area contributed by atoms with E-state index < -0.39 is 0 Å². The minimum Gasteiger partial charge on any atom is -0.350 e. The van der Waals surface area contributed by atoms with E-state index in [0.717, 1.165) is 11.1 Å². The molecule has 1 N–H and O–H groups in total. The first-order valence-corrected chi connectivity index (χ1v) is 8.74. The standard InChI is InChI=1S/C21H20N4O2/c1-14-4-3-5-18-20(14)23-13-25(21(18)27)11-10-19(26)24-15(2)17-8-6-16(12-22)7-9-17/h3-9,13,15H,10-11H2,1-2H3,(H,24,26). The van der Waals surface area contributed by atoms with Gasteiger partial charge in [-0.1, -0.05) is 24.3 Å². The van der Waals surface area contributed by atoms with Gasteiger partial charge in [0.25, 0.3) is 5.56 Å². The number of benzene rings is 2. The minimum absolute atomic E-state index is 0.142. The maximum Gasteiger partial charge on any atom is 0.261 e. The second kappa shape index (κ2) is 7.83. The fourth-order valence-electron chi connectivity index (χ4n) is 2.96. The number of hydrogen-bond donors (Lipinski definition) is 1. The van der Waals surface area contributed by atoms with Crippen LogP contribution >= 0.6 is 0 Å². The zero-order valence-electron chi connectivity index (χ0n) is 15.3. The Morgan fingerprint density at radius 1 is 1.26 bits per heavy atom. The third-order valence-electron chi connectivity index (χ3n) is 4.55. The number of carbonyl (C=O) groups is 1. The first kappa shape index (κ1) is 18.3. The Bertz CT molecular complexity index is 1080. The number of nitrogens with zero attached hydrogens (tertiary/aromatic N) is 3. The minimum atomic E-state index is -0.181. The molecule has 6 heteroatoms. The van der Waals surface area contributed by atoms with Gasteiger partial charge in [-0.15, -0.1) is 0 Å². The second-order valence-electron chi connectivity index (χ2n) is 6.49. The molecule has 1 heterocycles. The van der Waals surface area contributed by atoms with E-state index in [0.29, 0.717) is 16.5 Å². The smallest absolute Gasteiger partial charge is 0.261 e. The number of para-hydroxylation sites is 1. The molecule has 1 aromatic heterocycles. The summed E-state index contributed by atoms with van der Waals surface area (Å²) in [6.07, 6.45) is 1.68. The van der Waals surface area contributed by atoms with Gasteiger partial charge in [0.15, 0.2) is 0 Å². The van der Waals surface area contributed by atoms with Gasteiger partial charge in [0.2, 0.25) is 5.91 Å². The summed E-state index contributed by atoms with van der Waals surface area (Å²) in [5.74, 6) is -0.150. The highest BCUT2D eigenvalue weighted by Crippen LogP contribution is 2.14. The van der Waals surface area contributed by atoms with Gasteiger partial charge in [-0.25, -0.2) is 4.98 Å². The Morgan fingerprint density at radius 2 is 2.00 bits per heavy atom. The maximum atomic E-state index is 12.6. The largest absolute Gasteiger partial charge is 0.350 e. The van der Waals surface area contributed by atoms with E-state index >= 15 is 0 Å². The van der Waals surface area contributed by atoms with E-state index in [1.54, 1.807) is 18.2 Å². The first-order chi connectivity index (χ1) is 13.0. The third-order valence-corrected chi connectivity index (χ3v) is 4.55. The van der Waals surface area contributed by atoms with Crippen molar-refractivity contribution in [2.24, 2.45) is 0 Å². The van der Waals surface area contributed by atoms with Gasteiger partial charge in [-0.3, -0.25) is 14.2 Å². The lowest BCUT2D eigenvalue weighted by Crippen LogP contribution is -2.29. The van der Waals surface area contributed by atoms with Gasteiger partial charge in [-0.2, -0.15) is 5.26 Å². The summed E-state index contributed by atoms with van der Waals surface area (Å²) in [5.41, 5.74) is 3.00. The molecule has 0 bridgehead atoms. The van der Waals surface area contributed by atoms with Crippen molar-refractivity contribution in [1.82, 2.24) is 14.9 Å². The number of nitriles is 1. The van der Waals surface area contributed by atoms with Crippen LogP contribution in [0.3, 0.4) is 0 Å². The normalized spacial score (nSPS) is 11.7. The van der Waals surface area contributed by atoms with Crippen LogP contribution in [-0.4, -0.2) is 15.5 Å². The molecule has 1 atom stereocenters. The number of carbonyl (C=O) groups excluding carboxylic acids is 1. The van der Waals surface area contributed by atoms with E-state index in [1.807, 2.05) is 38.1 Å². The molecule has 0 aliphatic carbocycles. The number of aromatic nitrogens is 2. The number of amides is 1. The Morgan fingerprint density at radius 3 is 2.70 bits per heavy atom. The molecular weight excluding hydrogens is 340 g/mol. The molecule has 0 saturated carbocycles. The molecule has 0 aliphatic heterocycles. The Balaban J connectivity index is 1.65. The summed E-state index contributed by atoms with van der Waals surface area (Å²) in [5, 5.41) is 12.3. The monoisotopic (exact) mass is 360 g/mol. The van der Waals surface area contributed by atoms with Crippen molar-refractivity contribution in [1.29, 1.82) is 5.26 Å². The van der Waals surface area contributed by atoms with E-state index in [9.17, 15) is 9.59 Å². The van der Waals surface area contributed by atoms with Crippen LogP contribution in [0.5, 0.6) is 0 Å². The second-order valence-corrected chi connectivity index (χ2v) is 6.49. The van der Waals surface area contributed by atoms with E-state index in [4.69, 9.17) is 5.26 Å². The quantitative estimate of drug-likeness (QED) is 0.758. The molecule has 2 aromatic carbocycles. The summed E-state index contributed by atoms with van der Waals surface area (Å²) < 4.78 is 1.47. The zero-order chi connectivity index (χ0) is 19.4. The molecule has 3 rings (SSSR count). The van der Waals surface area contributed by atoms with Crippen LogP contribution in [0.2, 0.25) is 0 Å². The summed E-state index contributed by atoms with van der Waals surface area (Å²) in [7, 11) is 0. The first-order valence-electron chi connectivity index (χ1n) is 8.74. The van der Waals surface area contributed by atoms with Gasteiger partial charge in [0.05, 0.1) is 34.9 Å². The van der Waals surface area contributed by atoms with Gasteiger partial charge in [0.1, 0.15) is 0 Å². The average molecular weight is 360 g/mol. The van der Waals surface area contributed by atoms with Crippen molar-refractivity contribution >= 4 is 16.8 Å². The lowest BCUT2D eigenvalue weighted by molar-refractivity contribution is -0.121. The number of fused-ring (bicyclic) bond motifs is 1. The molecule has 1 amide bonds. The number of hydrogen-bond acceptors (Lipinski definition) is 4. The molecule has 0 saturated heterocycles. The molecule has 1 unspecified atom stereocenters. The third kappa shape index (κ3) is 4.04. The predicted octanol–water partition coefficient (Wildman–Crippen LogP) is 2.84. The fourth-order valence-corrected chi connectivity index (χ4v) is 2.96. The van der Waals surface area contributed by atoms with Crippen LogP contribution < -0.4 is 10.9 Å². The van der Waals surface area contributed by atoms with Crippen LogP contribution in [0.15, 0.2) is 53.6 Å². The molecule has 27 heavy (non-hydrogen) atoms. The Hall–Kier alpha value is -3.46. The highest BCUT2D eigenvalue weighted by atomic mass is 16.2. The van der Waals surface area contributed by atoms with E-state index in [-0.39, 0.29) is 30.5 Å². The highest BCUT2D eigenvalue weighted by molar-refractivity contribution is 5.80. The fraction of sp³-hybridized carbons (Fsp3) is 0.238. The summed E-state index contributed by atoms with van der Waals surface area (Å²) >= 11 is 0. The summed E-state index contributed by atoms with van der Waals surface area (Å²) in [4.78, 5) is 29.2. The van der Waals surface area contributed by atoms with Crippen molar-refractivity contribution < 1.29 is 4.79 Å². The van der Waals surface area contributed by atoms with Crippen molar-refractivity contribution in [2.45, 2.75) is 32.9 Å². The Labute approximate surface area is 157 Å². The lowest BCUT2D eigenvalue weighted by atomic mass is 10.1. The summed E-state index contributed by atoms with van der Waals surface area (Å²) in [6.45, 7) is 4.06. The van der Waals surface area contributed by atoms with E-state index in [1.165, 1.54) is 10.9 Å². The summed E-state index contributed by atoms with van der Waals surface area (Å²) in [6, 6.07) is 14.5. The maximum absolute atomic E-state index is 12.6. The predicted molar refractivity (Wildman–Crippen MR) is 103 cm³/mol. The van der Waals surface area contributed by atoms with E-state index in [2.05, 4.69) is 16.4 Å². The molecular formula is C21H20N4O2. The molecule has 3 aromatic rings.